The van der Waals surface area contributed by atoms with Crippen LogP contribution in [0.2, 0.25) is 0 Å². The number of hydrogen-bond acceptors (Lipinski definition) is 2. The number of quaternary nitrogens is 1. The van der Waals surface area contributed by atoms with Crippen LogP contribution in [0.4, 0.5) is 5.69 Å². The second-order valence-electron chi connectivity index (χ2n) is 9.65. The minimum absolute atomic E-state index is 0.783. The molecular weight excluding hydrogens is 418 g/mol. The molecule has 2 N–H and O–H groups in total. The van der Waals surface area contributed by atoms with Crippen LogP contribution in [-0.4, -0.2) is 41.1 Å². The predicted octanol–water partition coefficient (Wildman–Crippen LogP) is 6.27. The average molecular weight is 445 g/mol. The van der Waals surface area contributed by atoms with Gasteiger partial charge < -0.3 is 9.97 Å². The van der Waals surface area contributed by atoms with Gasteiger partial charge in [-0.15, -0.1) is 0 Å². The molecule has 2 aliphatic rings. The normalized spacial score (nSPS) is 13.2. The third-order valence-electron chi connectivity index (χ3n) is 6.12. The zero-order valence-corrected chi connectivity index (χ0v) is 19.5. The summed E-state index contributed by atoms with van der Waals surface area (Å²) in [6, 6.07) is 25.4. The third kappa shape index (κ3) is 3.98. The lowest BCUT2D eigenvalue weighted by Crippen LogP contribution is -2.34. The molecule has 0 radical (unpaired) electrons. The summed E-state index contributed by atoms with van der Waals surface area (Å²) in [6.07, 6.45) is 6.23. The van der Waals surface area contributed by atoms with Crippen LogP contribution in [0.5, 0.6) is 0 Å². The summed E-state index contributed by atoms with van der Waals surface area (Å²) in [5.74, 6) is 0. The summed E-state index contributed by atoms with van der Waals surface area (Å²) in [7, 11) is 6.53. The Morgan fingerprint density at radius 3 is 1.68 bits per heavy atom. The minimum atomic E-state index is 0.783. The second kappa shape index (κ2) is 7.68. The fourth-order valence-electron chi connectivity index (χ4n) is 4.33. The molecule has 8 bridgehead atoms. The first-order valence-corrected chi connectivity index (χ1v) is 11.4. The van der Waals surface area contributed by atoms with Crippen LogP contribution < -0.4 is 4.48 Å². The van der Waals surface area contributed by atoms with Crippen LogP contribution in [0, 0.1) is 0 Å². The highest BCUT2D eigenvalue weighted by molar-refractivity contribution is 5.93. The van der Waals surface area contributed by atoms with Gasteiger partial charge in [-0.1, -0.05) is 0 Å². The van der Waals surface area contributed by atoms with Crippen LogP contribution in [0.15, 0.2) is 72.8 Å². The van der Waals surface area contributed by atoms with Crippen molar-refractivity contribution in [3.05, 3.63) is 101 Å². The minimum Gasteiger partial charge on any atom is -0.355 e. The lowest BCUT2D eigenvalue weighted by atomic mass is 10.0. The highest BCUT2D eigenvalue weighted by atomic mass is 15.3. The number of benzene rings is 1. The van der Waals surface area contributed by atoms with Gasteiger partial charge in [0.05, 0.1) is 43.9 Å². The van der Waals surface area contributed by atoms with Gasteiger partial charge in [-0.05, 0) is 96.6 Å². The molecule has 0 spiro atoms. The summed E-state index contributed by atoms with van der Waals surface area (Å²) in [4.78, 5) is 16.6. The molecule has 3 aromatic heterocycles. The van der Waals surface area contributed by atoms with Gasteiger partial charge in [-0.3, -0.25) is 4.48 Å². The fourth-order valence-corrected chi connectivity index (χ4v) is 4.33. The third-order valence-corrected chi connectivity index (χ3v) is 6.12. The smallest absolute Gasteiger partial charge is 0.132 e. The fraction of sp³-hybridized carbons (Fsp3) is 0.103. The molecule has 4 aromatic rings. The first kappa shape index (κ1) is 20.4. The molecule has 0 saturated carbocycles. The molecule has 0 amide bonds. The number of rotatable bonds is 2. The highest BCUT2D eigenvalue weighted by Gasteiger charge is 2.16. The molecule has 1 aromatic carbocycles. The molecule has 0 fully saturated rings. The first-order chi connectivity index (χ1) is 16.4. The van der Waals surface area contributed by atoms with Crippen molar-refractivity contribution in [1.29, 1.82) is 0 Å². The Balaban J connectivity index is 1.57. The van der Waals surface area contributed by atoms with Crippen molar-refractivity contribution in [3.8, 4) is 0 Å². The Morgan fingerprint density at radius 1 is 0.588 bits per heavy atom. The molecule has 5 heteroatoms. The van der Waals surface area contributed by atoms with E-state index in [2.05, 4.69) is 110 Å². The van der Waals surface area contributed by atoms with Gasteiger partial charge >= 0.3 is 0 Å². The van der Waals surface area contributed by atoms with Crippen LogP contribution in [0.3, 0.4) is 0 Å². The van der Waals surface area contributed by atoms with Crippen molar-refractivity contribution in [1.82, 2.24) is 24.4 Å². The second-order valence-corrected chi connectivity index (χ2v) is 9.65. The zero-order valence-electron chi connectivity index (χ0n) is 19.5. The number of nitrogens with one attached hydrogen (secondary N) is 2. The maximum Gasteiger partial charge on any atom is 0.132 e. The van der Waals surface area contributed by atoms with Gasteiger partial charge in [-0.2, -0.15) is 0 Å². The number of hydrogen-bond donors (Lipinski definition) is 2. The van der Waals surface area contributed by atoms with Crippen molar-refractivity contribution >= 4 is 51.6 Å². The Morgan fingerprint density at radius 2 is 1.12 bits per heavy atom. The van der Waals surface area contributed by atoms with Gasteiger partial charge in [-0.25, -0.2) is 9.97 Å². The van der Waals surface area contributed by atoms with Gasteiger partial charge in [0, 0.05) is 27.6 Å². The van der Waals surface area contributed by atoms with E-state index in [4.69, 9.17) is 9.97 Å². The monoisotopic (exact) mass is 444 g/mol. The van der Waals surface area contributed by atoms with Crippen LogP contribution >= 0.6 is 0 Å². The van der Waals surface area contributed by atoms with Crippen molar-refractivity contribution in [2.45, 2.75) is 0 Å². The predicted molar refractivity (Wildman–Crippen MR) is 143 cm³/mol. The van der Waals surface area contributed by atoms with E-state index in [0.29, 0.717) is 0 Å². The number of fused-ring (bicyclic) bond motifs is 8. The summed E-state index contributed by atoms with van der Waals surface area (Å²) in [5, 5.41) is 0. The van der Waals surface area contributed by atoms with Crippen molar-refractivity contribution < 1.29 is 0 Å². The van der Waals surface area contributed by atoms with E-state index in [1.54, 1.807) is 0 Å². The molecular formula is C29H26N5+. The standard InChI is InChI=1S/C29H26N5/c1-34(2,3)27-12-4-19(5-13-27)28-17-26-16-24-9-8-22(31-24)14-20-6-7-21(30-20)15-23-10-11-25(32-23)18-29(28)33-26/h4-18,31-32H,1-3H3/q+1. The molecule has 166 valence electrons. The molecule has 0 saturated heterocycles. The van der Waals surface area contributed by atoms with Crippen molar-refractivity contribution in [2.75, 3.05) is 21.1 Å². The van der Waals surface area contributed by atoms with Crippen LogP contribution in [0.1, 0.15) is 28.3 Å². The molecule has 0 atom stereocenters. The van der Waals surface area contributed by atoms with E-state index in [0.717, 1.165) is 60.5 Å². The zero-order chi connectivity index (χ0) is 23.3. The van der Waals surface area contributed by atoms with E-state index in [9.17, 15) is 0 Å². The molecule has 5 heterocycles. The SMILES string of the molecule is C[N+](C)(C)c1ccc(C2=Cc3cc4ccc(cc5nc(cc6ccc(cc2n3)[nH]6)C=C5)[nH]4)cc1. The number of aromatic nitrogens is 4. The first-order valence-electron chi connectivity index (χ1n) is 11.4. The van der Waals surface area contributed by atoms with Gasteiger partial charge in [0.1, 0.15) is 5.69 Å². The van der Waals surface area contributed by atoms with Gasteiger partial charge in [0.2, 0.25) is 0 Å². The molecule has 0 unspecified atom stereocenters. The topological polar surface area (TPSA) is 57.4 Å². The van der Waals surface area contributed by atoms with Crippen LogP contribution in [-0.2, 0) is 0 Å². The summed E-state index contributed by atoms with van der Waals surface area (Å²) < 4.78 is 0.783. The maximum absolute atomic E-state index is 4.98. The highest BCUT2D eigenvalue weighted by Crippen LogP contribution is 2.30. The van der Waals surface area contributed by atoms with E-state index < -0.39 is 0 Å². The molecule has 5 nitrogen and oxygen atoms in total. The molecule has 6 rings (SSSR count). The number of nitrogens with zero attached hydrogens (tertiary/aromatic N) is 3. The van der Waals surface area contributed by atoms with E-state index in [1.165, 1.54) is 5.69 Å². The van der Waals surface area contributed by atoms with Gasteiger partial charge in [0.15, 0.2) is 0 Å². The van der Waals surface area contributed by atoms with Crippen molar-refractivity contribution in [3.63, 3.8) is 0 Å². The lowest BCUT2D eigenvalue weighted by molar-refractivity contribution is 0.486. The molecule has 34 heavy (non-hydrogen) atoms. The maximum atomic E-state index is 4.98. The Bertz CT molecular complexity index is 1620. The number of aromatic amines is 2. The largest absolute Gasteiger partial charge is 0.355 e. The van der Waals surface area contributed by atoms with E-state index >= 15 is 0 Å². The van der Waals surface area contributed by atoms with E-state index in [-0.39, 0.29) is 0 Å². The molecule has 2 aliphatic heterocycles. The summed E-state index contributed by atoms with van der Waals surface area (Å²) in [6.45, 7) is 0. The summed E-state index contributed by atoms with van der Waals surface area (Å²) >= 11 is 0. The quantitative estimate of drug-likeness (QED) is 0.309. The Labute approximate surface area is 198 Å². The van der Waals surface area contributed by atoms with Crippen LogP contribution in [0.25, 0.3) is 45.9 Å². The summed E-state index contributed by atoms with van der Waals surface area (Å²) in [5.41, 5.74) is 11.3. The average Bonchev–Trinajstić information content (AvgIpc) is 3.58. The Hall–Kier alpha value is -4.22. The van der Waals surface area contributed by atoms with E-state index in [1.807, 2.05) is 12.2 Å². The van der Waals surface area contributed by atoms with Gasteiger partial charge in [0.25, 0.3) is 0 Å². The number of H-pyrrole nitrogens is 2. The van der Waals surface area contributed by atoms with Crippen molar-refractivity contribution in [2.24, 2.45) is 0 Å². The lowest BCUT2D eigenvalue weighted by Gasteiger charge is -2.23. The molecule has 0 aliphatic carbocycles. The Kier molecular flexibility index (Phi) is 4.61.